The maximum atomic E-state index is 4.67. The molecule has 0 spiro atoms. The molecule has 17 heavy (non-hydrogen) atoms. The first-order valence-corrected chi connectivity index (χ1v) is 6.54. The summed E-state index contributed by atoms with van der Waals surface area (Å²) >= 11 is 0. The fourth-order valence-electron chi connectivity index (χ4n) is 3.35. The molecular weight excluding hydrogens is 208 g/mol. The van der Waals surface area contributed by atoms with E-state index in [2.05, 4.69) is 40.6 Å². The molecule has 2 nitrogen and oxygen atoms in total. The zero-order chi connectivity index (χ0) is 11.2. The largest absolute Gasteiger partial charge is 0.367 e. The summed E-state index contributed by atoms with van der Waals surface area (Å²) in [6.45, 7) is 0. The van der Waals surface area contributed by atoms with Gasteiger partial charge in [-0.05, 0) is 42.9 Å². The van der Waals surface area contributed by atoms with Gasteiger partial charge in [0.1, 0.15) is 5.82 Å². The van der Waals surface area contributed by atoms with Crippen molar-refractivity contribution in [1.29, 1.82) is 0 Å². The first-order valence-electron chi connectivity index (χ1n) is 6.54. The van der Waals surface area contributed by atoms with Crippen molar-refractivity contribution in [3.63, 3.8) is 0 Å². The fraction of sp³-hybridized carbons (Fsp3) is 0.400. The Balaban J connectivity index is 1.59. The third-order valence-electron chi connectivity index (χ3n) is 4.32. The number of rotatable bonds is 2. The van der Waals surface area contributed by atoms with Crippen molar-refractivity contribution in [2.45, 2.75) is 25.3 Å². The Morgan fingerprint density at radius 3 is 2.71 bits per heavy atom. The number of benzene rings is 1. The van der Waals surface area contributed by atoms with E-state index < -0.39 is 0 Å². The lowest BCUT2D eigenvalue weighted by atomic mass is 10.2. The first kappa shape index (κ1) is 9.46. The highest BCUT2D eigenvalue weighted by atomic mass is 15.1. The van der Waals surface area contributed by atoms with Crippen LogP contribution in [-0.2, 0) is 0 Å². The van der Waals surface area contributed by atoms with Gasteiger partial charge < -0.3 is 5.32 Å². The highest BCUT2D eigenvalue weighted by molar-refractivity contribution is 5.80. The number of nitrogens with zero attached hydrogens (tertiary/aromatic N) is 1. The lowest BCUT2D eigenvalue weighted by molar-refractivity contribution is 0.694. The minimum atomic E-state index is 0.706. The summed E-state index contributed by atoms with van der Waals surface area (Å²) in [6, 6.07) is 13.3. The molecule has 2 heteroatoms. The molecule has 4 rings (SSSR count). The number of nitrogens with one attached hydrogen (secondary N) is 1. The minimum Gasteiger partial charge on any atom is -0.367 e. The zero-order valence-electron chi connectivity index (χ0n) is 9.76. The summed E-state index contributed by atoms with van der Waals surface area (Å²) in [7, 11) is 0. The Morgan fingerprint density at radius 2 is 1.82 bits per heavy atom. The van der Waals surface area contributed by atoms with E-state index >= 15 is 0 Å². The van der Waals surface area contributed by atoms with Crippen LogP contribution in [0.25, 0.3) is 10.9 Å². The smallest absolute Gasteiger partial charge is 0.126 e. The number of aromatic nitrogens is 1. The van der Waals surface area contributed by atoms with Gasteiger partial charge in [-0.15, -0.1) is 0 Å². The fourth-order valence-corrected chi connectivity index (χ4v) is 3.35. The van der Waals surface area contributed by atoms with Gasteiger partial charge in [0.15, 0.2) is 0 Å². The topological polar surface area (TPSA) is 24.9 Å². The Kier molecular flexibility index (Phi) is 1.92. The molecule has 0 bridgehead atoms. The number of pyridine rings is 1. The van der Waals surface area contributed by atoms with E-state index in [1.807, 2.05) is 6.07 Å². The summed E-state index contributed by atoms with van der Waals surface area (Å²) in [4.78, 5) is 4.67. The van der Waals surface area contributed by atoms with E-state index in [-0.39, 0.29) is 0 Å². The van der Waals surface area contributed by atoms with Crippen molar-refractivity contribution >= 4 is 16.7 Å². The second kappa shape index (κ2) is 3.46. The molecule has 1 aromatic heterocycles. The van der Waals surface area contributed by atoms with Crippen LogP contribution < -0.4 is 5.32 Å². The third kappa shape index (κ3) is 1.51. The van der Waals surface area contributed by atoms with Gasteiger partial charge in [0, 0.05) is 11.4 Å². The summed E-state index contributed by atoms with van der Waals surface area (Å²) in [5.41, 5.74) is 1.09. The van der Waals surface area contributed by atoms with E-state index in [4.69, 9.17) is 0 Å². The maximum Gasteiger partial charge on any atom is 0.126 e. The van der Waals surface area contributed by atoms with Gasteiger partial charge in [-0.2, -0.15) is 0 Å². The molecule has 2 fully saturated rings. The molecule has 1 aromatic carbocycles. The van der Waals surface area contributed by atoms with E-state index in [1.165, 1.54) is 24.6 Å². The molecule has 1 N–H and O–H groups in total. The predicted octanol–water partition coefficient (Wildman–Crippen LogP) is 3.45. The van der Waals surface area contributed by atoms with Gasteiger partial charge in [-0.3, -0.25) is 0 Å². The van der Waals surface area contributed by atoms with Crippen LogP contribution in [0.3, 0.4) is 0 Å². The van der Waals surface area contributed by atoms with Gasteiger partial charge in [-0.1, -0.05) is 24.6 Å². The predicted molar refractivity (Wildman–Crippen MR) is 70.0 cm³/mol. The SMILES string of the molecule is c1ccc2nc(NC3C4CCCC43)ccc2c1. The van der Waals surface area contributed by atoms with Crippen LogP contribution in [0.5, 0.6) is 0 Å². The monoisotopic (exact) mass is 224 g/mol. The second-order valence-corrected chi connectivity index (χ2v) is 5.32. The average molecular weight is 224 g/mol. The van der Waals surface area contributed by atoms with Crippen molar-refractivity contribution < 1.29 is 0 Å². The van der Waals surface area contributed by atoms with E-state index in [0.29, 0.717) is 6.04 Å². The molecule has 1 heterocycles. The van der Waals surface area contributed by atoms with Crippen LogP contribution in [-0.4, -0.2) is 11.0 Å². The van der Waals surface area contributed by atoms with Crippen LogP contribution in [0.4, 0.5) is 5.82 Å². The van der Waals surface area contributed by atoms with Crippen molar-refractivity contribution in [2.75, 3.05) is 5.32 Å². The molecule has 2 atom stereocenters. The molecule has 0 saturated heterocycles. The van der Waals surface area contributed by atoms with Gasteiger partial charge in [0.05, 0.1) is 5.52 Å². The molecule has 2 aliphatic carbocycles. The Bertz CT molecular complexity index is 554. The van der Waals surface area contributed by atoms with Crippen LogP contribution >= 0.6 is 0 Å². The van der Waals surface area contributed by atoms with Gasteiger partial charge >= 0.3 is 0 Å². The van der Waals surface area contributed by atoms with Crippen molar-refractivity contribution in [3.05, 3.63) is 36.4 Å². The molecular formula is C15H16N2. The van der Waals surface area contributed by atoms with E-state index in [0.717, 1.165) is 23.2 Å². The molecule has 86 valence electrons. The number of fused-ring (bicyclic) bond motifs is 2. The number of anilines is 1. The Hall–Kier alpha value is -1.57. The molecule has 2 saturated carbocycles. The second-order valence-electron chi connectivity index (χ2n) is 5.32. The van der Waals surface area contributed by atoms with Crippen LogP contribution in [0.2, 0.25) is 0 Å². The lowest BCUT2D eigenvalue weighted by Gasteiger charge is -2.08. The number of hydrogen-bond acceptors (Lipinski definition) is 2. The number of hydrogen-bond donors (Lipinski definition) is 1. The highest BCUT2D eigenvalue weighted by Crippen LogP contribution is 2.53. The highest BCUT2D eigenvalue weighted by Gasteiger charge is 2.52. The quantitative estimate of drug-likeness (QED) is 0.845. The molecule has 2 unspecified atom stereocenters. The summed E-state index contributed by atoms with van der Waals surface area (Å²) in [5, 5.41) is 4.82. The molecule has 2 aliphatic rings. The van der Waals surface area contributed by atoms with E-state index in [1.54, 1.807) is 0 Å². The van der Waals surface area contributed by atoms with E-state index in [9.17, 15) is 0 Å². The lowest BCUT2D eigenvalue weighted by Crippen LogP contribution is -2.09. The average Bonchev–Trinajstić information content (AvgIpc) is 2.82. The Labute approximate surface area is 101 Å². The van der Waals surface area contributed by atoms with Crippen molar-refractivity contribution in [1.82, 2.24) is 4.98 Å². The minimum absolute atomic E-state index is 0.706. The van der Waals surface area contributed by atoms with Gasteiger partial charge in [-0.25, -0.2) is 4.98 Å². The standard InChI is InChI=1S/C15H16N2/c1-2-7-13-10(4-1)8-9-14(16-13)17-15-11-5-3-6-12(11)15/h1-2,4,7-9,11-12,15H,3,5-6H2,(H,16,17). The summed E-state index contributed by atoms with van der Waals surface area (Å²) in [5.74, 6) is 2.91. The maximum absolute atomic E-state index is 4.67. The molecule has 2 aromatic rings. The Morgan fingerprint density at radius 1 is 1.00 bits per heavy atom. The summed E-state index contributed by atoms with van der Waals surface area (Å²) in [6.07, 6.45) is 4.25. The number of para-hydroxylation sites is 1. The van der Waals surface area contributed by atoms with Crippen molar-refractivity contribution in [3.8, 4) is 0 Å². The van der Waals surface area contributed by atoms with Gasteiger partial charge in [0.25, 0.3) is 0 Å². The third-order valence-corrected chi connectivity index (χ3v) is 4.32. The molecule has 0 aliphatic heterocycles. The van der Waals surface area contributed by atoms with Crippen LogP contribution in [0, 0.1) is 11.8 Å². The van der Waals surface area contributed by atoms with Gasteiger partial charge in [0.2, 0.25) is 0 Å². The normalized spacial score (nSPS) is 30.2. The molecule has 0 amide bonds. The van der Waals surface area contributed by atoms with Crippen LogP contribution in [0.1, 0.15) is 19.3 Å². The van der Waals surface area contributed by atoms with Crippen LogP contribution in [0.15, 0.2) is 36.4 Å². The molecule has 0 radical (unpaired) electrons. The zero-order valence-corrected chi connectivity index (χ0v) is 9.76. The first-order chi connectivity index (χ1) is 8.42. The summed E-state index contributed by atoms with van der Waals surface area (Å²) < 4.78 is 0. The van der Waals surface area contributed by atoms with Crippen molar-refractivity contribution in [2.24, 2.45) is 11.8 Å².